The summed E-state index contributed by atoms with van der Waals surface area (Å²) in [5.74, 6) is -0.425. The van der Waals surface area contributed by atoms with Crippen molar-refractivity contribution in [2.24, 2.45) is 0 Å². The summed E-state index contributed by atoms with van der Waals surface area (Å²) >= 11 is 28.8. The average molecular weight is 408 g/mol. The van der Waals surface area contributed by atoms with Crippen LogP contribution in [0.5, 0.6) is 0 Å². The van der Waals surface area contributed by atoms with E-state index < -0.39 is 5.91 Å². The minimum Gasteiger partial charge on any atom is -0.358 e. The summed E-state index contributed by atoms with van der Waals surface area (Å²) in [6, 6.07) is 9.72. The van der Waals surface area contributed by atoms with Crippen molar-refractivity contribution in [1.82, 2.24) is 10.6 Å². The number of amides is 1. The highest BCUT2D eigenvalue weighted by Crippen LogP contribution is 2.21. The second kappa shape index (κ2) is 8.18. The molecule has 0 radical (unpaired) electrons. The predicted octanol–water partition coefficient (Wildman–Crippen LogP) is 5.10. The van der Waals surface area contributed by atoms with Crippen molar-refractivity contribution in [3.63, 3.8) is 0 Å². The Bertz CT molecular complexity index is 767. The number of carbonyl (C=O) groups is 1. The summed E-state index contributed by atoms with van der Waals surface area (Å²) in [4.78, 5) is 12.1. The molecule has 0 fully saturated rings. The van der Waals surface area contributed by atoms with Crippen LogP contribution in [0.1, 0.15) is 15.9 Å². The Morgan fingerprint density at radius 3 is 2.17 bits per heavy atom. The van der Waals surface area contributed by atoms with E-state index in [2.05, 4.69) is 10.6 Å². The standard InChI is InChI=1S/C15H10Cl4N2OS/c16-9-2-1-8(12(18)5-9)7-20-15(23)21-14(22)11-4-3-10(17)6-13(11)19/h1-6H,7H2,(H2,20,21,22,23). The number of hydrogen-bond acceptors (Lipinski definition) is 2. The quantitative estimate of drug-likeness (QED) is 0.695. The third-order valence-corrected chi connectivity index (χ3v) is 4.24. The van der Waals surface area contributed by atoms with Gasteiger partial charge < -0.3 is 5.32 Å². The molecule has 23 heavy (non-hydrogen) atoms. The van der Waals surface area contributed by atoms with Gasteiger partial charge in [-0.15, -0.1) is 0 Å². The lowest BCUT2D eigenvalue weighted by atomic mass is 10.2. The highest BCUT2D eigenvalue weighted by Gasteiger charge is 2.12. The molecular weight excluding hydrogens is 398 g/mol. The Hall–Kier alpha value is -1.04. The Balaban J connectivity index is 1.95. The van der Waals surface area contributed by atoms with E-state index in [1.807, 2.05) is 0 Å². The Morgan fingerprint density at radius 2 is 1.57 bits per heavy atom. The summed E-state index contributed by atoms with van der Waals surface area (Å²) in [6.45, 7) is 0.351. The number of rotatable bonds is 3. The minimum atomic E-state index is -0.425. The molecule has 120 valence electrons. The normalized spacial score (nSPS) is 10.3. The van der Waals surface area contributed by atoms with Crippen molar-refractivity contribution >= 4 is 69.6 Å². The molecule has 8 heteroatoms. The molecule has 0 saturated carbocycles. The van der Waals surface area contributed by atoms with Gasteiger partial charge in [-0.25, -0.2) is 0 Å². The Morgan fingerprint density at radius 1 is 0.957 bits per heavy atom. The Labute approximate surface area is 158 Å². The third-order valence-electron chi connectivity index (χ3n) is 2.86. The van der Waals surface area contributed by atoms with Gasteiger partial charge in [0.2, 0.25) is 0 Å². The highest BCUT2D eigenvalue weighted by atomic mass is 35.5. The molecule has 0 atom stereocenters. The van der Waals surface area contributed by atoms with Gasteiger partial charge in [-0.2, -0.15) is 0 Å². The lowest BCUT2D eigenvalue weighted by Crippen LogP contribution is -2.39. The molecule has 2 aromatic rings. The van der Waals surface area contributed by atoms with Gasteiger partial charge in [-0.3, -0.25) is 10.1 Å². The number of carbonyl (C=O) groups excluding carboxylic acids is 1. The predicted molar refractivity (Wildman–Crippen MR) is 99.8 cm³/mol. The van der Waals surface area contributed by atoms with Crippen LogP contribution < -0.4 is 10.6 Å². The van der Waals surface area contributed by atoms with Crippen LogP contribution in [0.4, 0.5) is 0 Å². The van der Waals surface area contributed by atoms with Crippen LogP contribution in [-0.2, 0) is 6.54 Å². The summed E-state index contributed by atoms with van der Waals surface area (Å²) < 4.78 is 0. The fraction of sp³-hybridized carbons (Fsp3) is 0.0667. The number of halogens is 4. The molecule has 0 aromatic heterocycles. The van der Waals surface area contributed by atoms with Gasteiger partial charge >= 0.3 is 0 Å². The van der Waals surface area contributed by atoms with Gasteiger partial charge in [0.15, 0.2) is 5.11 Å². The number of nitrogens with one attached hydrogen (secondary N) is 2. The first kappa shape index (κ1) is 18.3. The summed E-state index contributed by atoms with van der Waals surface area (Å²) in [5, 5.41) is 7.35. The molecule has 0 aliphatic heterocycles. The summed E-state index contributed by atoms with van der Waals surface area (Å²) in [7, 11) is 0. The zero-order valence-electron chi connectivity index (χ0n) is 11.5. The zero-order valence-corrected chi connectivity index (χ0v) is 15.3. The van der Waals surface area contributed by atoms with Crippen molar-refractivity contribution in [1.29, 1.82) is 0 Å². The molecule has 0 heterocycles. The van der Waals surface area contributed by atoms with Crippen molar-refractivity contribution in [2.75, 3.05) is 0 Å². The van der Waals surface area contributed by atoms with Crippen LogP contribution >= 0.6 is 58.6 Å². The highest BCUT2D eigenvalue weighted by molar-refractivity contribution is 7.80. The zero-order chi connectivity index (χ0) is 17.0. The van der Waals surface area contributed by atoms with Crippen molar-refractivity contribution in [2.45, 2.75) is 6.54 Å². The fourth-order valence-electron chi connectivity index (χ4n) is 1.73. The first-order chi connectivity index (χ1) is 10.9. The van der Waals surface area contributed by atoms with E-state index in [0.717, 1.165) is 5.56 Å². The topological polar surface area (TPSA) is 41.1 Å². The van der Waals surface area contributed by atoms with Gasteiger partial charge in [0, 0.05) is 21.6 Å². The Kier molecular flexibility index (Phi) is 6.50. The lowest BCUT2D eigenvalue weighted by Gasteiger charge is -2.11. The first-order valence-electron chi connectivity index (χ1n) is 6.35. The maximum atomic E-state index is 12.1. The molecule has 0 saturated heterocycles. The van der Waals surface area contributed by atoms with E-state index in [4.69, 9.17) is 58.6 Å². The maximum Gasteiger partial charge on any atom is 0.258 e. The number of benzene rings is 2. The molecule has 0 aliphatic carbocycles. The van der Waals surface area contributed by atoms with Crippen LogP contribution in [0.2, 0.25) is 20.1 Å². The molecule has 2 rings (SSSR count). The van der Waals surface area contributed by atoms with Crippen LogP contribution in [-0.4, -0.2) is 11.0 Å². The van der Waals surface area contributed by atoms with Gasteiger partial charge in [-0.1, -0.05) is 52.5 Å². The second-order valence-corrected chi connectivity index (χ2v) is 6.59. The van der Waals surface area contributed by atoms with Crippen molar-refractivity contribution in [3.05, 3.63) is 67.6 Å². The molecule has 2 N–H and O–H groups in total. The summed E-state index contributed by atoms with van der Waals surface area (Å²) in [5.41, 5.74) is 1.09. The molecule has 0 bridgehead atoms. The molecule has 1 amide bonds. The maximum absolute atomic E-state index is 12.1. The van der Waals surface area contributed by atoms with Gasteiger partial charge in [0.25, 0.3) is 5.91 Å². The number of hydrogen-bond donors (Lipinski definition) is 2. The van der Waals surface area contributed by atoms with E-state index >= 15 is 0 Å². The average Bonchev–Trinajstić information content (AvgIpc) is 2.46. The molecule has 2 aromatic carbocycles. The van der Waals surface area contributed by atoms with E-state index in [-0.39, 0.29) is 15.7 Å². The van der Waals surface area contributed by atoms with Crippen LogP contribution in [0.3, 0.4) is 0 Å². The van der Waals surface area contributed by atoms with E-state index in [1.165, 1.54) is 12.1 Å². The van der Waals surface area contributed by atoms with E-state index in [1.54, 1.807) is 24.3 Å². The minimum absolute atomic E-state index is 0.159. The van der Waals surface area contributed by atoms with E-state index in [0.29, 0.717) is 21.6 Å². The molecular formula is C15H10Cl4N2OS. The largest absolute Gasteiger partial charge is 0.358 e. The lowest BCUT2D eigenvalue weighted by molar-refractivity contribution is 0.0977. The molecule has 0 spiro atoms. The van der Waals surface area contributed by atoms with Gasteiger partial charge in [0.1, 0.15) is 0 Å². The van der Waals surface area contributed by atoms with Crippen LogP contribution in [0.25, 0.3) is 0 Å². The number of thiocarbonyl (C=S) groups is 1. The monoisotopic (exact) mass is 406 g/mol. The summed E-state index contributed by atoms with van der Waals surface area (Å²) in [6.07, 6.45) is 0. The van der Waals surface area contributed by atoms with Crippen molar-refractivity contribution < 1.29 is 4.79 Å². The third kappa shape index (κ3) is 5.23. The van der Waals surface area contributed by atoms with E-state index in [9.17, 15) is 4.79 Å². The van der Waals surface area contributed by atoms with Crippen LogP contribution in [0.15, 0.2) is 36.4 Å². The smallest absolute Gasteiger partial charge is 0.258 e. The first-order valence-corrected chi connectivity index (χ1v) is 8.27. The van der Waals surface area contributed by atoms with Gasteiger partial charge in [0.05, 0.1) is 10.6 Å². The molecule has 0 unspecified atom stereocenters. The van der Waals surface area contributed by atoms with Crippen LogP contribution in [0, 0.1) is 0 Å². The van der Waals surface area contributed by atoms with Crippen molar-refractivity contribution in [3.8, 4) is 0 Å². The van der Waals surface area contributed by atoms with Gasteiger partial charge in [-0.05, 0) is 48.1 Å². The SMILES string of the molecule is O=C(NC(=S)NCc1ccc(Cl)cc1Cl)c1ccc(Cl)cc1Cl. The molecule has 0 aliphatic rings. The second-order valence-electron chi connectivity index (χ2n) is 4.50. The fourth-order valence-corrected chi connectivity index (χ4v) is 2.86. The molecule has 3 nitrogen and oxygen atoms in total.